The van der Waals surface area contributed by atoms with Crippen molar-refractivity contribution in [3.8, 4) is 6.07 Å². The standard InChI is InChI=1S/C6H12O2.C2H3N/c1-2-3-4-5-6(7)8;1-2-3/h2-5H2,1H3,(H,7,8);1H3. The van der Waals surface area contributed by atoms with Gasteiger partial charge in [-0.05, 0) is 6.42 Å². The number of hydrogen-bond donors (Lipinski definition) is 1. The van der Waals surface area contributed by atoms with Gasteiger partial charge >= 0.3 is 5.97 Å². The van der Waals surface area contributed by atoms with E-state index in [0.717, 1.165) is 19.3 Å². The average Bonchev–Trinajstić information content (AvgIpc) is 1.89. The van der Waals surface area contributed by atoms with E-state index in [4.69, 9.17) is 10.4 Å². The number of carbonyl (C=O) groups is 1. The van der Waals surface area contributed by atoms with Crippen molar-refractivity contribution in [2.24, 2.45) is 0 Å². The van der Waals surface area contributed by atoms with Gasteiger partial charge in [0.15, 0.2) is 0 Å². The Morgan fingerprint density at radius 3 is 2.27 bits per heavy atom. The van der Waals surface area contributed by atoms with Crippen molar-refractivity contribution in [1.82, 2.24) is 0 Å². The van der Waals surface area contributed by atoms with Gasteiger partial charge in [-0.2, -0.15) is 5.26 Å². The fourth-order valence-electron chi connectivity index (χ4n) is 0.526. The molecule has 0 saturated heterocycles. The molecule has 0 aromatic heterocycles. The molecule has 0 aliphatic heterocycles. The number of nitriles is 1. The number of hydrogen-bond acceptors (Lipinski definition) is 2. The number of aliphatic carboxylic acids is 1. The number of carboxylic acids is 1. The van der Waals surface area contributed by atoms with Crippen molar-refractivity contribution >= 4 is 5.97 Å². The van der Waals surface area contributed by atoms with E-state index in [9.17, 15) is 4.79 Å². The largest absolute Gasteiger partial charge is 0.481 e. The zero-order valence-corrected chi connectivity index (χ0v) is 7.13. The van der Waals surface area contributed by atoms with Crippen LogP contribution < -0.4 is 0 Å². The second kappa shape index (κ2) is 11.7. The first kappa shape index (κ1) is 12.6. The zero-order valence-electron chi connectivity index (χ0n) is 7.13. The third-order valence-electron chi connectivity index (χ3n) is 0.994. The molecule has 0 aliphatic carbocycles. The highest BCUT2D eigenvalue weighted by atomic mass is 16.4. The van der Waals surface area contributed by atoms with Crippen LogP contribution in [-0.4, -0.2) is 11.1 Å². The van der Waals surface area contributed by atoms with E-state index in [-0.39, 0.29) is 0 Å². The molecule has 0 rings (SSSR count). The van der Waals surface area contributed by atoms with Gasteiger partial charge in [0.1, 0.15) is 0 Å². The molecular weight excluding hydrogens is 142 g/mol. The molecule has 3 nitrogen and oxygen atoms in total. The Balaban J connectivity index is 0. The fraction of sp³-hybridized carbons (Fsp3) is 0.750. The topological polar surface area (TPSA) is 61.1 Å². The predicted octanol–water partition coefficient (Wildman–Crippen LogP) is 2.18. The third kappa shape index (κ3) is 27.7. The van der Waals surface area contributed by atoms with E-state index in [1.54, 1.807) is 6.07 Å². The first-order valence-corrected chi connectivity index (χ1v) is 3.71. The first-order chi connectivity index (χ1) is 5.18. The van der Waals surface area contributed by atoms with Crippen molar-refractivity contribution in [2.75, 3.05) is 0 Å². The number of rotatable bonds is 4. The molecule has 0 aromatic carbocycles. The van der Waals surface area contributed by atoms with Crippen LogP contribution >= 0.6 is 0 Å². The van der Waals surface area contributed by atoms with E-state index < -0.39 is 5.97 Å². The molecule has 0 unspecified atom stereocenters. The summed E-state index contributed by atoms with van der Waals surface area (Å²) in [6.45, 7) is 3.49. The molecule has 0 amide bonds. The van der Waals surface area contributed by atoms with Crippen LogP contribution in [0, 0.1) is 11.3 Å². The second-order valence-electron chi connectivity index (χ2n) is 2.07. The summed E-state index contributed by atoms with van der Waals surface area (Å²) in [6, 6.07) is 1.75. The fourth-order valence-corrected chi connectivity index (χ4v) is 0.526. The smallest absolute Gasteiger partial charge is 0.303 e. The summed E-state index contributed by atoms with van der Waals surface area (Å²) in [5.41, 5.74) is 0. The van der Waals surface area contributed by atoms with Crippen molar-refractivity contribution in [1.29, 1.82) is 5.26 Å². The van der Waals surface area contributed by atoms with Gasteiger partial charge in [-0.3, -0.25) is 4.79 Å². The van der Waals surface area contributed by atoms with Gasteiger partial charge < -0.3 is 5.11 Å². The van der Waals surface area contributed by atoms with Crippen molar-refractivity contribution in [2.45, 2.75) is 39.5 Å². The summed E-state index contributed by atoms with van der Waals surface area (Å²) in [7, 11) is 0. The summed E-state index contributed by atoms with van der Waals surface area (Å²) < 4.78 is 0. The molecule has 0 aliphatic rings. The maximum Gasteiger partial charge on any atom is 0.303 e. The highest BCUT2D eigenvalue weighted by molar-refractivity contribution is 5.66. The third-order valence-corrected chi connectivity index (χ3v) is 0.994. The molecule has 0 saturated carbocycles. The van der Waals surface area contributed by atoms with E-state index >= 15 is 0 Å². The quantitative estimate of drug-likeness (QED) is 0.636. The molecule has 0 spiro atoms. The SMILES string of the molecule is CC#N.CCCCCC(=O)O. The lowest BCUT2D eigenvalue weighted by molar-refractivity contribution is -0.137. The molecule has 3 heteroatoms. The van der Waals surface area contributed by atoms with E-state index in [2.05, 4.69) is 6.92 Å². The van der Waals surface area contributed by atoms with Crippen LogP contribution in [-0.2, 0) is 4.79 Å². The highest BCUT2D eigenvalue weighted by Gasteiger charge is 1.92. The minimum atomic E-state index is -0.682. The Labute approximate surface area is 67.6 Å². The molecule has 0 atom stereocenters. The number of unbranched alkanes of at least 4 members (excludes halogenated alkanes) is 2. The molecule has 64 valence electrons. The molecule has 0 aromatic rings. The molecule has 0 radical (unpaired) electrons. The summed E-state index contributed by atoms with van der Waals surface area (Å²) in [5.74, 6) is -0.682. The summed E-state index contributed by atoms with van der Waals surface area (Å²) >= 11 is 0. The lowest BCUT2D eigenvalue weighted by atomic mass is 10.2. The van der Waals surface area contributed by atoms with Gasteiger partial charge in [-0.25, -0.2) is 0 Å². The number of carboxylic acid groups (broad SMARTS) is 1. The van der Waals surface area contributed by atoms with E-state index in [0.29, 0.717) is 6.42 Å². The number of nitrogens with zero attached hydrogens (tertiary/aromatic N) is 1. The van der Waals surface area contributed by atoms with Crippen LogP contribution in [0.15, 0.2) is 0 Å². The predicted molar refractivity (Wildman–Crippen MR) is 43.1 cm³/mol. The lowest BCUT2D eigenvalue weighted by Crippen LogP contribution is -1.92. The monoisotopic (exact) mass is 157 g/mol. The Bertz CT molecular complexity index is 127. The minimum absolute atomic E-state index is 0.327. The molecule has 0 bridgehead atoms. The van der Waals surface area contributed by atoms with Gasteiger partial charge in [0.25, 0.3) is 0 Å². The van der Waals surface area contributed by atoms with Crippen LogP contribution in [0.5, 0.6) is 0 Å². The Morgan fingerprint density at radius 2 is 2.00 bits per heavy atom. The first-order valence-electron chi connectivity index (χ1n) is 3.71. The molecule has 0 heterocycles. The van der Waals surface area contributed by atoms with E-state index in [1.165, 1.54) is 6.92 Å². The van der Waals surface area contributed by atoms with Crippen LogP contribution in [0.2, 0.25) is 0 Å². The van der Waals surface area contributed by atoms with Gasteiger partial charge in [0, 0.05) is 13.3 Å². The highest BCUT2D eigenvalue weighted by Crippen LogP contribution is 1.97. The zero-order chi connectivity index (χ0) is 9.11. The molecule has 0 fully saturated rings. The van der Waals surface area contributed by atoms with Gasteiger partial charge in [-0.1, -0.05) is 19.8 Å². The lowest BCUT2D eigenvalue weighted by Gasteiger charge is -1.89. The maximum atomic E-state index is 9.87. The van der Waals surface area contributed by atoms with Crippen LogP contribution in [0.25, 0.3) is 0 Å². The summed E-state index contributed by atoms with van der Waals surface area (Å²) in [6.07, 6.45) is 3.28. The van der Waals surface area contributed by atoms with Gasteiger partial charge in [-0.15, -0.1) is 0 Å². The maximum absolute atomic E-state index is 9.87. The molecule has 1 N–H and O–H groups in total. The normalized spacial score (nSPS) is 7.36. The second-order valence-corrected chi connectivity index (χ2v) is 2.07. The van der Waals surface area contributed by atoms with Gasteiger partial charge in [0.05, 0.1) is 6.07 Å². The Morgan fingerprint density at radius 1 is 1.55 bits per heavy atom. The summed E-state index contributed by atoms with van der Waals surface area (Å²) in [5, 5.41) is 15.5. The van der Waals surface area contributed by atoms with Crippen molar-refractivity contribution in [3.63, 3.8) is 0 Å². The Kier molecular flexibility index (Phi) is 13.4. The van der Waals surface area contributed by atoms with Crippen molar-refractivity contribution in [3.05, 3.63) is 0 Å². The minimum Gasteiger partial charge on any atom is -0.481 e. The summed E-state index contributed by atoms with van der Waals surface area (Å²) in [4.78, 5) is 9.87. The molecule has 11 heavy (non-hydrogen) atoms. The molecular formula is C8H15NO2. The van der Waals surface area contributed by atoms with E-state index in [1.807, 2.05) is 0 Å². The van der Waals surface area contributed by atoms with Crippen LogP contribution in [0.4, 0.5) is 0 Å². The van der Waals surface area contributed by atoms with Crippen molar-refractivity contribution < 1.29 is 9.90 Å². The van der Waals surface area contributed by atoms with Gasteiger partial charge in [0.2, 0.25) is 0 Å². The van der Waals surface area contributed by atoms with Crippen LogP contribution in [0.1, 0.15) is 39.5 Å². The van der Waals surface area contributed by atoms with Crippen LogP contribution in [0.3, 0.4) is 0 Å². The average molecular weight is 157 g/mol. The Hall–Kier alpha value is -1.04.